The Kier molecular flexibility index (Phi) is 8.26. The van der Waals surface area contributed by atoms with Crippen molar-refractivity contribution >= 4 is 12.4 Å². The summed E-state index contributed by atoms with van der Waals surface area (Å²) in [4.78, 5) is 11.4. The fourth-order valence-corrected chi connectivity index (χ4v) is 3.14. The van der Waals surface area contributed by atoms with Crippen molar-refractivity contribution in [2.75, 3.05) is 26.2 Å². The number of likely N-dealkylation sites (tertiary alicyclic amines) is 1. The smallest absolute Gasteiger partial charge is 0.217 e. The minimum absolute atomic E-state index is 0. The van der Waals surface area contributed by atoms with Gasteiger partial charge in [-0.25, -0.2) is 9.37 Å². The van der Waals surface area contributed by atoms with Crippen molar-refractivity contribution < 1.29 is 9.13 Å². The van der Waals surface area contributed by atoms with E-state index in [4.69, 9.17) is 4.74 Å². The highest BCUT2D eigenvalue weighted by Gasteiger charge is 2.09. The Morgan fingerprint density at radius 2 is 1.77 bits per heavy atom. The van der Waals surface area contributed by atoms with E-state index >= 15 is 0 Å². The van der Waals surface area contributed by atoms with Crippen LogP contribution in [0.4, 0.5) is 4.39 Å². The molecule has 1 fully saturated rings. The van der Waals surface area contributed by atoms with E-state index < -0.39 is 0 Å². The van der Waals surface area contributed by atoms with Gasteiger partial charge in [-0.15, -0.1) is 12.4 Å². The summed E-state index contributed by atoms with van der Waals surface area (Å²) in [6.07, 6.45) is 6.22. The van der Waals surface area contributed by atoms with E-state index in [0.29, 0.717) is 18.3 Å². The van der Waals surface area contributed by atoms with E-state index in [1.165, 1.54) is 44.5 Å². The van der Waals surface area contributed by atoms with E-state index in [9.17, 15) is 4.39 Å². The van der Waals surface area contributed by atoms with Crippen LogP contribution in [0.15, 0.2) is 30.3 Å². The Morgan fingerprint density at radius 3 is 2.50 bits per heavy atom. The van der Waals surface area contributed by atoms with Crippen LogP contribution >= 0.6 is 12.4 Å². The molecule has 0 aliphatic carbocycles. The quantitative estimate of drug-likeness (QED) is 0.656. The molecule has 0 spiro atoms. The van der Waals surface area contributed by atoms with Gasteiger partial charge in [0.25, 0.3) is 0 Å². The molecule has 1 aliphatic heterocycles. The van der Waals surface area contributed by atoms with Gasteiger partial charge < -0.3 is 9.64 Å². The number of hydrogen-bond acceptors (Lipinski definition) is 4. The Morgan fingerprint density at radius 1 is 1.04 bits per heavy atom. The van der Waals surface area contributed by atoms with Gasteiger partial charge in [-0.1, -0.05) is 6.42 Å². The van der Waals surface area contributed by atoms with E-state index in [-0.39, 0.29) is 18.2 Å². The van der Waals surface area contributed by atoms with Gasteiger partial charge >= 0.3 is 0 Å². The first-order valence-corrected chi connectivity index (χ1v) is 9.17. The molecule has 1 aromatic carbocycles. The van der Waals surface area contributed by atoms with Crippen LogP contribution in [0.2, 0.25) is 0 Å². The highest BCUT2D eigenvalue weighted by atomic mass is 35.5. The number of hydrogen-bond donors (Lipinski definition) is 0. The number of ether oxygens (including phenoxy) is 1. The molecule has 3 rings (SSSR count). The average Bonchev–Trinajstić information content (AvgIpc) is 2.62. The van der Waals surface area contributed by atoms with Crippen molar-refractivity contribution in [1.82, 2.24) is 14.9 Å². The number of piperidine rings is 1. The van der Waals surface area contributed by atoms with Crippen LogP contribution in [-0.4, -0.2) is 41.1 Å². The van der Waals surface area contributed by atoms with Crippen LogP contribution in [-0.2, 0) is 0 Å². The molecule has 1 saturated heterocycles. The lowest BCUT2D eigenvalue weighted by atomic mass is 10.1. The summed E-state index contributed by atoms with van der Waals surface area (Å²) in [7, 11) is 0. The molecule has 0 atom stereocenters. The SMILES string of the molecule is Cc1cc(OCCCCN2CCCCC2)nc(-c2ccc(F)cc2)n1.Cl. The third kappa shape index (κ3) is 6.22. The molecule has 2 aromatic rings. The molecule has 0 N–H and O–H groups in total. The third-order valence-electron chi connectivity index (χ3n) is 4.50. The Bertz CT molecular complexity index is 675. The molecule has 2 heterocycles. The predicted octanol–water partition coefficient (Wildman–Crippen LogP) is 4.66. The highest BCUT2D eigenvalue weighted by molar-refractivity contribution is 5.85. The van der Waals surface area contributed by atoms with Gasteiger partial charge in [0.15, 0.2) is 5.82 Å². The number of halogens is 2. The molecule has 6 heteroatoms. The zero-order valence-electron chi connectivity index (χ0n) is 15.3. The summed E-state index contributed by atoms with van der Waals surface area (Å²) in [6.45, 7) is 6.22. The van der Waals surface area contributed by atoms with Gasteiger partial charge in [0.2, 0.25) is 5.88 Å². The number of rotatable bonds is 7. The van der Waals surface area contributed by atoms with Crippen molar-refractivity contribution in [2.24, 2.45) is 0 Å². The van der Waals surface area contributed by atoms with Gasteiger partial charge in [-0.2, -0.15) is 4.98 Å². The van der Waals surface area contributed by atoms with Crippen LogP contribution in [0.3, 0.4) is 0 Å². The molecule has 0 unspecified atom stereocenters. The predicted molar refractivity (Wildman–Crippen MR) is 104 cm³/mol. The van der Waals surface area contributed by atoms with Gasteiger partial charge in [-0.05, 0) is 76.5 Å². The molecule has 0 radical (unpaired) electrons. The summed E-state index contributed by atoms with van der Waals surface area (Å²) in [6, 6.07) is 8.06. The fraction of sp³-hybridized carbons (Fsp3) is 0.500. The van der Waals surface area contributed by atoms with Crippen molar-refractivity contribution in [1.29, 1.82) is 0 Å². The second kappa shape index (κ2) is 10.4. The van der Waals surface area contributed by atoms with Crippen LogP contribution in [0, 0.1) is 12.7 Å². The number of unbranched alkanes of at least 4 members (excludes halogenated alkanes) is 1. The van der Waals surface area contributed by atoms with Crippen molar-refractivity contribution in [3.8, 4) is 17.3 Å². The number of nitrogens with zero attached hydrogens (tertiary/aromatic N) is 3. The maximum absolute atomic E-state index is 13.1. The first-order chi connectivity index (χ1) is 12.2. The van der Waals surface area contributed by atoms with Crippen LogP contribution in [0.1, 0.15) is 37.8 Å². The van der Waals surface area contributed by atoms with Crippen LogP contribution in [0.25, 0.3) is 11.4 Å². The summed E-state index contributed by atoms with van der Waals surface area (Å²) in [5.74, 6) is 0.898. The molecule has 26 heavy (non-hydrogen) atoms. The summed E-state index contributed by atoms with van der Waals surface area (Å²) in [5, 5.41) is 0. The lowest BCUT2D eigenvalue weighted by Crippen LogP contribution is -2.30. The van der Waals surface area contributed by atoms with Crippen molar-refractivity contribution in [3.05, 3.63) is 41.8 Å². The molecule has 1 aliphatic rings. The van der Waals surface area contributed by atoms with Gasteiger partial charge in [-0.3, -0.25) is 0 Å². The van der Waals surface area contributed by atoms with E-state index in [1.807, 2.05) is 13.0 Å². The van der Waals surface area contributed by atoms with Gasteiger partial charge in [0.05, 0.1) is 6.61 Å². The zero-order valence-corrected chi connectivity index (χ0v) is 16.1. The molecule has 0 amide bonds. The van der Waals surface area contributed by atoms with Crippen LogP contribution in [0.5, 0.6) is 5.88 Å². The summed E-state index contributed by atoms with van der Waals surface area (Å²) >= 11 is 0. The monoisotopic (exact) mass is 379 g/mol. The Balaban J connectivity index is 0.00000243. The number of aromatic nitrogens is 2. The fourth-order valence-electron chi connectivity index (χ4n) is 3.14. The van der Waals surface area contributed by atoms with Crippen molar-refractivity contribution in [2.45, 2.75) is 39.0 Å². The lowest BCUT2D eigenvalue weighted by Gasteiger charge is -2.26. The third-order valence-corrected chi connectivity index (χ3v) is 4.50. The first kappa shape index (κ1) is 20.6. The Labute approximate surface area is 161 Å². The van der Waals surface area contributed by atoms with Gasteiger partial charge in [0, 0.05) is 17.3 Å². The molecule has 142 valence electrons. The van der Waals surface area contributed by atoms with E-state index in [2.05, 4.69) is 14.9 Å². The maximum atomic E-state index is 13.1. The maximum Gasteiger partial charge on any atom is 0.217 e. The second-order valence-corrected chi connectivity index (χ2v) is 6.64. The average molecular weight is 380 g/mol. The minimum atomic E-state index is -0.262. The lowest BCUT2D eigenvalue weighted by molar-refractivity contribution is 0.215. The molecule has 0 bridgehead atoms. The number of aryl methyl sites for hydroxylation is 1. The molecule has 4 nitrogen and oxygen atoms in total. The van der Waals surface area contributed by atoms with Crippen molar-refractivity contribution in [3.63, 3.8) is 0 Å². The molecular formula is C20H27ClFN3O. The summed E-state index contributed by atoms with van der Waals surface area (Å²) in [5.41, 5.74) is 1.64. The standard InChI is InChI=1S/C20H26FN3O.ClH/c1-16-15-19(23-20(22-16)17-7-9-18(21)10-8-17)25-14-6-5-13-24-11-3-2-4-12-24;/h7-10,15H,2-6,11-14H2,1H3;1H. The molecule has 0 saturated carbocycles. The Hall–Kier alpha value is -1.72. The van der Waals surface area contributed by atoms with E-state index in [0.717, 1.165) is 30.6 Å². The number of benzene rings is 1. The molecular weight excluding hydrogens is 353 g/mol. The first-order valence-electron chi connectivity index (χ1n) is 9.17. The second-order valence-electron chi connectivity index (χ2n) is 6.64. The normalized spacial score (nSPS) is 14.7. The van der Waals surface area contributed by atoms with Crippen LogP contribution < -0.4 is 4.74 Å². The topological polar surface area (TPSA) is 38.2 Å². The molecule has 1 aromatic heterocycles. The largest absolute Gasteiger partial charge is 0.478 e. The zero-order chi connectivity index (χ0) is 17.5. The summed E-state index contributed by atoms with van der Waals surface area (Å²) < 4.78 is 18.9. The minimum Gasteiger partial charge on any atom is -0.478 e. The van der Waals surface area contributed by atoms with Gasteiger partial charge in [0.1, 0.15) is 5.82 Å². The van der Waals surface area contributed by atoms with E-state index in [1.54, 1.807) is 12.1 Å². The highest BCUT2D eigenvalue weighted by Crippen LogP contribution is 2.19.